The van der Waals surface area contributed by atoms with Crippen LogP contribution in [0.2, 0.25) is 0 Å². The highest BCUT2D eigenvalue weighted by atomic mass is 32.2. The first-order valence-corrected chi connectivity index (χ1v) is 10.1. The highest BCUT2D eigenvalue weighted by Gasteiger charge is 2.16. The Morgan fingerprint density at radius 1 is 0.897 bits per heavy atom. The van der Waals surface area contributed by atoms with Gasteiger partial charge in [-0.2, -0.15) is 0 Å². The van der Waals surface area contributed by atoms with Crippen LogP contribution in [0.1, 0.15) is 18.4 Å². The molecule has 1 aromatic heterocycles. The van der Waals surface area contributed by atoms with Crippen LogP contribution in [-0.2, 0) is 26.2 Å². The zero-order valence-corrected chi connectivity index (χ0v) is 16.1. The monoisotopic (exact) mass is 426 g/mol. The maximum absolute atomic E-state index is 13.1. The van der Waals surface area contributed by atoms with Crippen LogP contribution in [0.5, 0.6) is 0 Å². The van der Waals surface area contributed by atoms with E-state index >= 15 is 0 Å². The molecule has 0 radical (unpaired) electrons. The summed E-state index contributed by atoms with van der Waals surface area (Å²) in [7, 11) is -4.07. The van der Waals surface area contributed by atoms with Crippen LogP contribution in [-0.4, -0.2) is 38.3 Å². The second-order valence-corrected chi connectivity index (χ2v) is 7.72. The smallest absolute Gasteiger partial charge is 0.240 e. The van der Waals surface area contributed by atoms with E-state index in [0.29, 0.717) is 18.7 Å². The van der Waals surface area contributed by atoms with Crippen molar-refractivity contribution in [2.24, 2.45) is 0 Å². The quantitative estimate of drug-likeness (QED) is 0.521. The van der Waals surface area contributed by atoms with Gasteiger partial charge in [-0.15, -0.1) is 0 Å². The summed E-state index contributed by atoms with van der Waals surface area (Å²) >= 11 is 0. The Hall–Kier alpha value is -2.92. The van der Waals surface area contributed by atoms with Crippen molar-refractivity contribution in [3.8, 4) is 0 Å². The Kier molecular flexibility index (Phi) is 8.16. The van der Waals surface area contributed by atoms with E-state index in [-0.39, 0.29) is 31.8 Å². The van der Waals surface area contributed by atoms with E-state index < -0.39 is 32.5 Å². The predicted octanol–water partition coefficient (Wildman–Crippen LogP) is 0.851. The second-order valence-electron chi connectivity index (χ2n) is 5.96. The molecule has 0 aliphatic carbocycles. The second kappa shape index (κ2) is 10.6. The van der Waals surface area contributed by atoms with Crippen LogP contribution >= 0.6 is 0 Å². The molecule has 2 rings (SSSR count). The summed E-state index contributed by atoms with van der Waals surface area (Å²) in [5.74, 6) is -3.15. The largest absolute Gasteiger partial charge is 0.356 e. The highest BCUT2D eigenvalue weighted by Crippen LogP contribution is 2.13. The molecule has 2 amide bonds. The van der Waals surface area contributed by atoms with Gasteiger partial charge in [-0.25, -0.2) is 21.9 Å². The number of rotatable bonds is 10. The number of pyridine rings is 1. The first-order chi connectivity index (χ1) is 13.8. The van der Waals surface area contributed by atoms with Gasteiger partial charge in [0, 0.05) is 44.9 Å². The normalized spacial score (nSPS) is 11.1. The zero-order chi connectivity index (χ0) is 21.3. The molecule has 0 aliphatic heterocycles. The predicted molar refractivity (Wildman–Crippen MR) is 99.9 cm³/mol. The fourth-order valence-electron chi connectivity index (χ4n) is 2.22. The van der Waals surface area contributed by atoms with Gasteiger partial charge in [0.05, 0.1) is 4.90 Å². The molecule has 1 heterocycles. The van der Waals surface area contributed by atoms with Crippen molar-refractivity contribution < 1.29 is 26.8 Å². The zero-order valence-electron chi connectivity index (χ0n) is 15.3. The summed E-state index contributed by atoms with van der Waals surface area (Å²) in [4.78, 5) is 26.9. The lowest BCUT2D eigenvalue weighted by molar-refractivity contribution is -0.122. The molecule has 1 aromatic carbocycles. The molecule has 0 saturated heterocycles. The average Bonchev–Trinajstić information content (AvgIpc) is 2.69. The molecule has 2 aromatic rings. The van der Waals surface area contributed by atoms with Crippen molar-refractivity contribution in [1.29, 1.82) is 0 Å². The third-order valence-corrected chi connectivity index (χ3v) is 5.22. The maximum atomic E-state index is 13.1. The van der Waals surface area contributed by atoms with Gasteiger partial charge in [0.2, 0.25) is 21.8 Å². The molecule has 0 bridgehead atoms. The fourth-order valence-corrected chi connectivity index (χ4v) is 3.26. The lowest BCUT2D eigenvalue weighted by Crippen LogP contribution is -2.33. The Bertz CT molecular complexity index is 956. The van der Waals surface area contributed by atoms with Gasteiger partial charge in [-0.1, -0.05) is 0 Å². The number of hydrogen-bond donors (Lipinski definition) is 3. The lowest BCUT2D eigenvalue weighted by Gasteiger charge is -2.08. The number of nitrogens with one attached hydrogen (secondary N) is 3. The van der Waals surface area contributed by atoms with Gasteiger partial charge in [-0.3, -0.25) is 14.6 Å². The van der Waals surface area contributed by atoms with E-state index in [1.165, 1.54) is 0 Å². The maximum Gasteiger partial charge on any atom is 0.240 e. The van der Waals surface area contributed by atoms with Gasteiger partial charge in [-0.05, 0) is 35.9 Å². The van der Waals surface area contributed by atoms with E-state index in [0.717, 1.165) is 11.6 Å². The van der Waals surface area contributed by atoms with E-state index in [1.54, 1.807) is 24.5 Å². The molecular formula is C18H20F2N4O4S. The molecule has 29 heavy (non-hydrogen) atoms. The minimum Gasteiger partial charge on any atom is -0.356 e. The summed E-state index contributed by atoms with van der Waals surface area (Å²) in [5, 5.41) is 5.20. The summed E-state index contributed by atoms with van der Waals surface area (Å²) < 4.78 is 52.1. The van der Waals surface area contributed by atoms with Crippen LogP contribution in [0.25, 0.3) is 0 Å². The van der Waals surface area contributed by atoms with Crippen molar-refractivity contribution in [1.82, 2.24) is 20.3 Å². The number of halogens is 2. The van der Waals surface area contributed by atoms with Crippen molar-refractivity contribution in [2.75, 3.05) is 13.1 Å². The Morgan fingerprint density at radius 2 is 1.55 bits per heavy atom. The summed E-state index contributed by atoms with van der Waals surface area (Å²) in [6.45, 7) is 0.208. The molecular weight excluding hydrogens is 406 g/mol. The minimum atomic E-state index is -4.07. The Balaban J connectivity index is 1.65. The van der Waals surface area contributed by atoms with Crippen LogP contribution < -0.4 is 15.4 Å². The van der Waals surface area contributed by atoms with Gasteiger partial charge in [0.15, 0.2) is 11.6 Å². The van der Waals surface area contributed by atoms with E-state index in [2.05, 4.69) is 20.3 Å². The van der Waals surface area contributed by atoms with Crippen LogP contribution in [0.4, 0.5) is 8.78 Å². The van der Waals surface area contributed by atoms with Crippen molar-refractivity contribution in [3.63, 3.8) is 0 Å². The average molecular weight is 426 g/mol. The number of amides is 2. The van der Waals surface area contributed by atoms with Crippen molar-refractivity contribution >= 4 is 21.8 Å². The summed E-state index contributed by atoms with van der Waals surface area (Å²) in [6, 6.07) is 5.72. The van der Waals surface area contributed by atoms with Gasteiger partial charge in [0.1, 0.15) is 0 Å². The van der Waals surface area contributed by atoms with E-state index in [1.807, 2.05) is 0 Å². The van der Waals surface area contributed by atoms with E-state index in [9.17, 15) is 26.8 Å². The molecule has 11 heteroatoms. The molecule has 8 nitrogen and oxygen atoms in total. The van der Waals surface area contributed by atoms with Gasteiger partial charge < -0.3 is 10.6 Å². The summed E-state index contributed by atoms with van der Waals surface area (Å²) in [5.41, 5.74) is 0.894. The Labute approximate surface area is 166 Å². The molecule has 0 aliphatic rings. The third kappa shape index (κ3) is 7.54. The number of carbonyl (C=O) groups is 2. The van der Waals surface area contributed by atoms with Crippen LogP contribution in [0.15, 0.2) is 47.6 Å². The molecule has 0 spiro atoms. The number of aromatic nitrogens is 1. The number of carbonyl (C=O) groups excluding carboxylic acids is 2. The first kappa shape index (κ1) is 22.4. The number of sulfonamides is 1. The summed E-state index contributed by atoms with van der Waals surface area (Å²) in [6.07, 6.45) is 3.12. The number of hydrogen-bond acceptors (Lipinski definition) is 5. The van der Waals surface area contributed by atoms with Crippen molar-refractivity contribution in [2.45, 2.75) is 24.3 Å². The molecule has 0 unspecified atom stereocenters. The number of benzene rings is 1. The molecule has 0 saturated carbocycles. The van der Waals surface area contributed by atoms with Crippen LogP contribution in [0.3, 0.4) is 0 Å². The topological polar surface area (TPSA) is 117 Å². The first-order valence-electron chi connectivity index (χ1n) is 8.65. The van der Waals surface area contributed by atoms with E-state index in [4.69, 9.17) is 0 Å². The standard InChI is InChI=1S/C18H20F2N4O4S/c19-15-2-1-14(11-16(15)20)29(27,28)24-10-6-17(25)22-9-5-18(26)23-12-13-3-7-21-8-4-13/h1-4,7-8,11,24H,5-6,9-10,12H2,(H,22,25)(H,23,26). The van der Waals surface area contributed by atoms with Crippen LogP contribution in [0, 0.1) is 11.6 Å². The SMILES string of the molecule is O=C(CCNS(=O)(=O)c1ccc(F)c(F)c1)NCCC(=O)NCc1ccncc1. The minimum absolute atomic E-state index is 0.0669. The highest BCUT2D eigenvalue weighted by molar-refractivity contribution is 7.89. The molecule has 0 fully saturated rings. The molecule has 156 valence electrons. The fraction of sp³-hybridized carbons (Fsp3) is 0.278. The Morgan fingerprint density at radius 3 is 2.24 bits per heavy atom. The lowest BCUT2D eigenvalue weighted by atomic mass is 10.2. The number of nitrogens with zero attached hydrogens (tertiary/aromatic N) is 1. The van der Waals surface area contributed by atoms with Crippen molar-refractivity contribution in [3.05, 3.63) is 59.9 Å². The third-order valence-electron chi connectivity index (χ3n) is 3.76. The van der Waals surface area contributed by atoms with Gasteiger partial charge >= 0.3 is 0 Å². The van der Waals surface area contributed by atoms with Gasteiger partial charge in [0.25, 0.3) is 0 Å². The molecule has 3 N–H and O–H groups in total. The molecule has 0 atom stereocenters.